The lowest BCUT2D eigenvalue weighted by Gasteiger charge is -2.40. The Morgan fingerprint density at radius 1 is 0.947 bits per heavy atom. The van der Waals surface area contributed by atoms with Crippen LogP contribution in [0.2, 0.25) is 0 Å². The number of aliphatic hydroxyl groups is 1. The van der Waals surface area contributed by atoms with Gasteiger partial charge in [-0.25, -0.2) is 8.78 Å². The Kier molecular flexibility index (Phi) is 8.09. The zero-order valence-electron chi connectivity index (χ0n) is 21.7. The summed E-state index contributed by atoms with van der Waals surface area (Å²) >= 11 is 0. The van der Waals surface area contributed by atoms with Crippen LogP contribution in [0.3, 0.4) is 0 Å². The van der Waals surface area contributed by atoms with Gasteiger partial charge >= 0.3 is 0 Å². The van der Waals surface area contributed by atoms with E-state index in [2.05, 4.69) is 11.0 Å². The highest BCUT2D eigenvalue weighted by atomic mass is 19.1. The van der Waals surface area contributed by atoms with Gasteiger partial charge in [0.15, 0.2) is 0 Å². The van der Waals surface area contributed by atoms with Crippen LogP contribution in [-0.4, -0.2) is 58.0 Å². The van der Waals surface area contributed by atoms with E-state index in [-0.39, 0.29) is 30.0 Å². The largest absolute Gasteiger partial charge is 0.393 e. The number of hydrogen-bond donors (Lipinski definition) is 2. The number of primary amides is 1. The minimum Gasteiger partial charge on any atom is -0.393 e. The fraction of sp³-hybridized carbons (Fsp3) is 0.533. The minimum atomic E-state index is -0.638. The molecule has 5 rings (SSSR count). The van der Waals surface area contributed by atoms with E-state index in [0.29, 0.717) is 62.3 Å². The number of carbonyl (C=O) groups is 2. The normalized spacial score (nSPS) is 27.3. The van der Waals surface area contributed by atoms with Gasteiger partial charge in [0.25, 0.3) is 0 Å². The lowest BCUT2D eigenvalue weighted by Crippen LogP contribution is -2.48. The van der Waals surface area contributed by atoms with E-state index in [1.54, 1.807) is 11.0 Å². The molecule has 3 N–H and O–H groups in total. The molecule has 0 spiro atoms. The molecule has 2 aromatic carbocycles. The van der Waals surface area contributed by atoms with Crippen LogP contribution in [0.4, 0.5) is 8.78 Å². The summed E-state index contributed by atoms with van der Waals surface area (Å²) in [6.45, 7) is 0.961. The number of fused-ring (bicyclic) bond motifs is 2. The molecule has 6 nitrogen and oxygen atoms in total. The summed E-state index contributed by atoms with van der Waals surface area (Å²) in [5.41, 5.74) is 7.09. The minimum absolute atomic E-state index is 0.0762. The Balaban J connectivity index is 1.28. The zero-order valence-corrected chi connectivity index (χ0v) is 21.7. The van der Waals surface area contributed by atoms with Gasteiger partial charge in [-0.1, -0.05) is 18.2 Å². The van der Waals surface area contributed by atoms with Gasteiger partial charge in [-0.15, -0.1) is 0 Å². The van der Waals surface area contributed by atoms with E-state index in [0.717, 1.165) is 31.2 Å². The van der Waals surface area contributed by atoms with E-state index in [1.807, 2.05) is 12.1 Å². The van der Waals surface area contributed by atoms with Crippen LogP contribution in [0.1, 0.15) is 78.8 Å². The van der Waals surface area contributed by atoms with Crippen LogP contribution in [0, 0.1) is 17.6 Å². The average molecular weight is 526 g/mol. The van der Waals surface area contributed by atoms with E-state index >= 15 is 0 Å². The first-order chi connectivity index (χ1) is 18.3. The number of piperidine rings is 1. The summed E-state index contributed by atoms with van der Waals surface area (Å²) in [5, 5.41) is 9.89. The molecule has 204 valence electrons. The predicted molar refractivity (Wildman–Crippen MR) is 140 cm³/mol. The highest BCUT2D eigenvalue weighted by molar-refractivity contribution is 5.92. The van der Waals surface area contributed by atoms with Crippen LogP contribution in [0.5, 0.6) is 0 Å². The summed E-state index contributed by atoms with van der Waals surface area (Å²) in [7, 11) is 0. The summed E-state index contributed by atoms with van der Waals surface area (Å²) in [5.74, 6) is -1.65. The monoisotopic (exact) mass is 525 g/mol. The molecule has 2 atom stereocenters. The smallest absolute Gasteiger partial charge is 0.248 e. The molecule has 38 heavy (non-hydrogen) atoms. The van der Waals surface area contributed by atoms with E-state index in [9.17, 15) is 23.5 Å². The first-order valence-corrected chi connectivity index (χ1v) is 13.9. The van der Waals surface area contributed by atoms with Crippen molar-refractivity contribution in [1.29, 1.82) is 0 Å². The second-order valence-corrected chi connectivity index (χ2v) is 11.2. The van der Waals surface area contributed by atoms with Gasteiger partial charge in [0.1, 0.15) is 11.6 Å². The number of hydrogen-bond acceptors (Lipinski definition) is 4. The molecule has 2 amide bonds. The van der Waals surface area contributed by atoms with Crippen molar-refractivity contribution in [2.24, 2.45) is 11.7 Å². The number of carbonyl (C=O) groups excluding carboxylic acids is 2. The Hall–Kier alpha value is -2.84. The van der Waals surface area contributed by atoms with Crippen LogP contribution in [0.25, 0.3) is 0 Å². The quantitative estimate of drug-likeness (QED) is 0.537. The van der Waals surface area contributed by atoms with Crippen molar-refractivity contribution >= 4 is 11.8 Å². The van der Waals surface area contributed by atoms with Gasteiger partial charge in [-0.2, -0.15) is 0 Å². The standard InChI is InChI=1S/C30H37F2N3O3/c31-27-5-2-6-28(32)26(27)18-34(30(38)19-7-11-25(36)12-8-19)13-14-35-23-9-10-24(35)17-22(16-23)20-3-1-4-21(15-20)29(33)37/h1-6,15,19,22-25,36H,7-14,16-18H2,(H2,33,37). The third-order valence-electron chi connectivity index (χ3n) is 8.92. The number of benzene rings is 2. The fourth-order valence-corrected chi connectivity index (χ4v) is 6.82. The van der Waals surface area contributed by atoms with Crippen LogP contribution in [-0.2, 0) is 11.3 Å². The average Bonchev–Trinajstić information content (AvgIpc) is 3.14. The van der Waals surface area contributed by atoms with Gasteiger partial charge in [0.05, 0.1) is 12.6 Å². The van der Waals surface area contributed by atoms with Crippen LogP contribution in [0.15, 0.2) is 42.5 Å². The third-order valence-corrected chi connectivity index (χ3v) is 8.92. The molecule has 3 aliphatic rings. The molecule has 3 fully saturated rings. The lowest BCUT2D eigenvalue weighted by molar-refractivity contribution is -0.138. The highest BCUT2D eigenvalue weighted by Crippen LogP contribution is 2.43. The van der Waals surface area contributed by atoms with Gasteiger partial charge in [0.2, 0.25) is 11.8 Å². The summed E-state index contributed by atoms with van der Waals surface area (Å²) in [6, 6.07) is 12.1. The molecule has 2 saturated heterocycles. The summed E-state index contributed by atoms with van der Waals surface area (Å²) in [4.78, 5) is 29.3. The SMILES string of the molecule is NC(=O)c1cccc(C2CC3CCC(C2)N3CCN(Cc2c(F)cccc2F)C(=O)C2CCC(O)CC2)c1. The Labute approximate surface area is 222 Å². The van der Waals surface area contributed by atoms with E-state index < -0.39 is 17.5 Å². The molecule has 1 saturated carbocycles. The number of rotatable bonds is 8. The Bertz CT molecular complexity index is 1130. The van der Waals surface area contributed by atoms with Gasteiger partial charge < -0.3 is 15.7 Å². The maximum absolute atomic E-state index is 14.5. The molecule has 0 radical (unpaired) electrons. The highest BCUT2D eigenvalue weighted by Gasteiger charge is 2.41. The van der Waals surface area contributed by atoms with Crippen molar-refractivity contribution in [3.05, 3.63) is 70.8 Å². The Morgan fingerprint density at radius 3 is 2.21 bits per heavy atom. The molecule has 8 heteroatoms. The van der Waals surface area contributed by atoms with Crippen LogP contribution >= 0.6 is 0 Å². The number of nitrogens with two attached hydrogens (primary N) is 1. The number of amides is 2. The topological polar surface area (TPSA) is 86.9 Å². The number of nitrogens with zero attached hydrogens (tertiary/aromatic N) is 2. The summed E-state index contributed by atoms with van der Waals surface area (Å²) in [6.07, 6.45) is 6.05. The Morgan fingerprint density at radius 2 is 1.58 bits per heavy atom. The van der Waals surface area contributed by atoms with E-state index in [1.165, 1.54) is 18.2 Å². The van der Waals surface area contributed by atoms with E-state index in [4.69, 9.17) is 5.73 Å². The molecule has 2 aliphatic heterocycles. The van der Waals surface area contributed by atoms with Crippen molar-refractivity contribution in [2.75, 3.05) is 13.1 Å². The van der Waals surface area contributed by atoms with Gasteiger partial charge in [-0.3, -0.25) is 14.5 Å². The molecular weight excluding hydrogens is 488 g/mol. The molecule has 1 aliphatic carbocycles. The zero-order chi connectivity index (χ0) is 26.8. The molecule has 0 aromatic heterocycles. The summed E-state index contributed by atoms with van der Waals surface area (Å²) < 4.78 is 29.1. The second kappa shape index (κ2) is 11.5. The molecule has 2 aromatic rings. The van der Waals surface area contributed by atoms with Gasteiger partial charge in [0, 0.05) is 42.2 Å². The second-order valence-electron chi connectivity index (χ2n) is 11.2. The maximum atomic E-state index is 14.5. The molecule has 2 heterocycles. The lowest BCUT2D eigenvalue weighted by atomic mass is 9.84. The molecular formula is C30H37F2N3O3. The predicted octanol–water partition coefficient (Wildman–Crippen LogP) is 4.35. The van der Waals surface area contributed by atoms with Crippen molar-refractivity contribution in [3.8, 4) is 0 Å². The number of aliphatic hydroxyl groups excluding tert-OH is 1. The number of halogens is 2. The van der Waals surface area contributed by atoms with Gasteiger partial charge in [-0.05, 0) is 87.1 Å². The maximum Gasteiger partial charge on any atom is 0.248 e. The van der Waals surface area contributed by atoms with Crippen molar-refractivity contribution in [3.63, 3.8) is 0 Å². The first kappa shape index (κ1) is 26.8. The van der Waals surface area contributed by atoms with Crippen molar-refractivity contribution in [2.45, 2.75) is 82.0 Å². The first-order valence-electron chi connectivity index (χ1n) is 13.9. The van der Waals surface area contributed by atoms with Crippen molar-refractivity contribution in [1.82, 2.24) is 9.80 Å². The molecule has 2 bridgehead atoms. The third kappa shape index (κ3) is 5.76. The van der Waals surface area contributed by atoms with Crippen LogP contribution < -0.4 is 5.73 Å². The fourth-order valence-electron chi connectivity index (χ4n) is 6.82. The molecule has 2 unspecified atom stereocenters. The van der Waals surface area contributed by atoms with Crippen molar-refractivity contribution < 1.29 is 23.5 Å².